The van der Waals surface area contributed by atoms with Gasteiger partial charge in [0.1, 0.15) is 5.78 Å². The molecule has 5 nitrogen and oxygen atoms in total. The zero-order valence-corrected chi connectivity index (χ0v) is 8.78. The highest BCUT2D eigenvalue weighted by Gasteiger charge is 2.06. The van der Waals surface area contributed by atoms with Crippen molar-refractivity contribution in [3.05, 3.63) is 24.4 Å². The minimum atomic E-state index is -0.296. The van der Waals surface area contributed by atoms with Crippen LogP contribution in [-0.2, 0) is 9.59 Å². The Morgan fingerprint density at radius 2 is 2.25 bits per heavy atom. The van der Waals surface area contributed by atoms with Crippen LogP contribution in [0.3, 0.4) is 0 Å². The van der Waals surface area contributed by atoms with Crippen molar-refractivity contribution in [3.63, 3.8) is 0 Å². The van der Waals surface area contributed by atoms with Gasteiger partial charge in [0.2, 0.25) is 5.91 Å². The Bertz CT molecular complexity index is 545. The Hall–Kier alpha value is -2.17. The average molecular weight is 217 g/mol. The number of aromatic nitrogens is 2. The van der Waals surface area contributed by atoms with Gasteiger partial charge in [-0.15, -0.1) is 0 Å². The summed E-state index contributed by atoms with van der Waals surface area (Å²) in [5.74, 6) is -0.447. The number of aromatic amines is 1. The number of nitrogens with zero attached hydrogens (tertiary/aromatic N) is 1. The number of carbonyl (C=O) groups is 2. The third-order valence-electron chi connectivity index (χ3n) is 2.13. The number of hydrogen-bond donors (Lipinski definition) is 2. The lowest BCUT2D eigenvalue weighted by Gasteiger charge is -2.03. The van der Waals surface area contributed by atoms with E-state index in [-0.39, 0.29) is 18.1 Å². The van der Waals surface area contributed by atoms with Gasteiger partial charge in [-0.2, -0.15) is 5.10 Å². The number of hydrogen-bond acceptors (Lipinski definition) is 3. The molecule has 2 N–H and O–H groups in total. The van der Waals surface area contributed by atoms with Crippen LogP contribution < -0.4 is 5.32 Å². The van der Waals surface area contributed by atoms with Crippen molar-refractivity contribution in [2.45, 2.75) is 13.3 Å². The Balaban J connectivity index is 2.14. The molecule has 1 aromatic heterocycles. The fourth-order valence-electron chi connectivity index (χ4n) is 1.45. The van der Waals surface area contributed by atoms with Crippen molar-refractivity contribution >= 4 is 28.3 Å². The summed E-state index contributed by atoms with van der Waals surface area (Å²) < 4.78 is 0. The number of benzene rings is 1. The highest BCUT2D eigenvalue weighted by atomic mass is 16.2. The summed E-state index contributed by atoms with van der Waals surface area (Å²) in [6.45, 7) is 1.39. The van der Waals surface area contributed by atoms with Crippen LogP contribution in [0.1, 0.15) is 13.3 Å². The van der Waals surface area contributed by atoms with Crippen LogP contribution in [0.2, 0.25) is 0 Å². The first kappa shape index (κ1) is 10.4. The van der Waals surface area contributed by atoms with Crippen LogP contribution in [0.25, 0.3) is 10.9 Å². The molecule has 0 atom stereocenters. The summed E-state index contributed by atoms with van der Waals surface area (Å²) in [5, 5.41) is 10.3. The number of ketones is 1. The predicted molar refractivity (Wildman–Crippen MR) is 60.0 cm³/mol. The number of H-pyrrole nitrogens is 1. The highest BCUT2D eigenvalue weighted by Crippen LogP contribution is 2.16. The molecule has 0 saturated heterocycles. The maximum absolute atomic E-state index is 11.3. The standard InChI is InChI=1S/C11H11N3O2/c1-7(15)4-11(16)13-9-2-3-10-8(5-9)6-12-14-10/h2-3,5-6H,4H2,1H3,(H,12,14)(H,13,16). The van der Waals surface area contributed by atoms with Crippen LogP contribution in [0.15, 0.2) is 24.4 Å². The van der Waals surface area contributed by atoms with Crippen molar-refractivity contribution < 1.29 is 9.59 Å². The summed E-state index contributed by atoms with van der Waals surface area (Å²) in [6.07, 6.45) is 1.58. The Morgan fingerprint density at radius 3 is 3.00 bits per heavy atom. The third-order valence-corrected chi connectivity index (χ3v) is 2.13. The molecular weight excluding hydrogens is 206 g/mol. The molecule has 0 saturated carbocycles. The number of anilines is 1. The van der Waals surface area contributed by atoms with Gasteiger partial charge < -0.3 is 5.32 Å². The van der Waals surface area contributed by atoms with E-state index < -0.39 is 0 Å². The largest absolute Gasteiger partial charge is 0.326 e. The Labute approximate surface area is 91.8 Å². The van der Waals surface area contributed by atoms with Gasteiger partial charge >= 0.3 is 0 Å². The van der Waals surface area contributed by atoms with Crippen molar-refractivity contribution in [2.24, 2.45) is 0 Å². The van der Waals surface area contributed by atoms with Gasteiger partial charge in [0.15, 0.2) is 0 Å². The first-order valence-electron chi connectivity index (χ1n) is 4.87. The van der Waals surface area contributed by atoms with Gasteiger partial charge in [-0.1, -0.05) is 0 Å². The molecule has 0 unspecified atom stereocenters. The summed E-state index contributed by atoms with van der Waals surface area (Å²) in [4.78, 5) is 22.1. The number of fused-ring (bicyclic) bond motifs is 1. The molecule has 0 radical (unpaired) electrons. The van der Waals surface area contributed by atoms with E-state index in [0.29, 0.717) is 5.69 Å². The van der Waals surface area contributed by atoms with Crippen molar-refractivity contribution in [1.29, 1.82) is 0 Å². The summed E-state index contributed by atoms with van der Waals surface area (Å²) >= 11 is 0. The maximum atomic E-state index is 11.3. The summed E-state index contributed by atoms with van der Waals surface area (Å²) in [5.41, 5.74) is 1.57. The SMILES string of the molecule is CC(=O)CC(=O)Nc1ccc2[nH]ncc2c1. The minimum absolute atomic E-state index is 0.0938. The molecule has 0 aliphatic rings. The lowest BCUT2D eigenvalue weighted by Crippen LogP contribution is -2.14. The summed E-state index contributed by atoms with van der Waals surface area (Å²) in [6, 6.07) is 5.39. The van der Waals surface area contributed by atoms with Crippen LogP contribution in [0.4, 0.5) is 5.69 Å². The molecule has 16 heavy (non-hydrogen) atoms. The first-order valence-corrected chi connectivity index (χ1v) is 4.87. The molecule has 0 fully saturated rings. The Kier molecular flexibility index (Phi) is 2.68. The number of amides is 1. The maximum Gasteiger partial charge on any atom is 0.231 e. The molecule has 1 aromatic carbocycles. The van der Waals surface area contributed by atoms with E-state index in [0.717, 1.165) is 10.9 Å². The quantitative estimate of drug-likeness (QED) is 0.764. The zero-order valence-electron chi connectivity index (χ0n) is 8.78. The second-order valence-electron chi connectivity index (χ2n) is 3.60. The molecule has 1 amide bonds. The molecule has 2 rings (SSSR count). The zero-order chi connectivity index (χ0) is 11.5. The van der Waals surface area contributed by atoms with Crippen LogP contribution in [0, 0.1) is 0 Å². The topological polar surface area (TPSA) is 74.8 Å². The van der Waals surface area contributed by atoms with E-state index in [9.17, 15) is 9.59 Å². The van der Waals surface area contributed by atoms with Crippen LogP contribution in [-0.4, -0.2) is 21.9 Å². The molecule has 1 heterocycles. The van der Waals surface area contributed by atoms with E-state index in [2.05, 4.69) is 15.5 Å². The smallest absolute Gasteiger partial charge is 0.231 e. The normalized spacial score (nSPS) is 10.3. The molecule has 0 spiro atoms. The van der Waals surface area contributed by atoms with Crippen molar-refractivity contribution in [3.8, 4) is 0 Å². The minimum Gasteiger partial charge on any atom is -0.326 e. The van der Waals surface area contributed by atoms with E-state index in [4.69, 9.17) is 0 Å². The van der Waals surface area contributed by atoms with Gasteiger partial charge in [-0.05, 0) is 25.1 Å². The number of nitrogens with one attached hydrogen (secondary N) is 2. The van der Waals surface area contributed by atoms with Gasteiger partial charge in [0, 0.05) is 11.1 Å². The van der Waals surface area contributed by atoms with E-state index in [1.54, 1.807) is 18.3 Å². The van der Waals surface area contributed by atoms with E-state index in [1.807, 2.05) is 6.07 Å². The molecule has 5 heteroatoms. The fraction of sp³-hybridized carbons (Fsp3) is 0.182. The molecule has 2 aromatic rings. The number of carbonyl (C=O) groups excluding carboxylic acids is 2. The average Bonchev–Trinajstić information content (AvgIpc) is 2.63. The van der Waals surface area contributed by atoms with Gasteiger partial charge in [-0.25, -0.2) is 0 Å². The first-order chi connectivity index (χ1) is 7.65. The lowest BCUT2D eigenvalue weighted by atomic mass is 10.2. The second-order valence-corrected chi connectivity index (χ2v) is 3.60. The molecule has 82 valence electrons. The number of Topliss-reactive ketones (excluding diaryl/α,β-unsaturated/α-hetero) is 1. The third kappa shape index (κ3) is 2.25. The van der Waals surface area contributed by atoms with Gasteiger partial charge in [0.25, 0.3) is 0 Å². The molecule has 0 aliphatic heterocycles. The number of rotatable bonds is 3. The molecular formula is C11H11N3O2. The van der Waals surface area contributed by atoms with E-state index in [1.165, 1.54) is 6.92 Å². The highest BCUT2D eigenvalue weighted by molar-refractivity contribution is 6.04. The van der Waals surface area contributed by atoms with Crippen LogP contribution >= 0.6 is 0 Å². The fourth-order valence-corrected chi connectivity index (χ4v) is 1.45. The van der Waals surface area contributed by atoms with Crippen molar-refractivity contribution in [2.75, 3.05) is 5.32 Å². The van der Waals surface area contributed by atoms with Gasteiger partial charge in [0.05, 0.1) is 18.1 Å². The monoisotopic (exact) mass is 217 g/mol. The molecule has 0 aliphatic carbocycles. The summed E-state index contributed by atoms with van der Waals surface area (Å²) in [7, 11) is 0. The van der Waals surface area contributed by atoms with Gasteiger partial charge in [-0.3, -0.25) is 14.7 Å². The molecule has 0 bridgehead atoms. The second kappa shape index (κ2) is 4.14. The Morgan fingerprint density at radius 1 is 1.44 bits per heavy atom. The van der Waals surface area contributed by atoms with Crippen LogP contribution in [0.5, 0.6) is 0 Å². The lowest BCUT2D eigenvalue weighted by molar-refractivity contribution is -0.124. The van der Waals surface area contributed by atoms with Crippen molar-refractivity contribution in [1.82, 2.24) is 10.2 Å². The van der Waals surface area contributed by atoms with E-state index >= 15 is 0 Å². The predicted octanol–water partition coefficient (Wildman–Crippen LogP) is 1.48.